The van der Waals surface area contributed by atoms with Gasteiger partial charge in [0.05, 0.1) is 20.5 Å². The highest BCUT2D eigenvalue weighted by Crippen LogP contribution is 2.27. The topological polar surface area (TPSA) is 59.2 Å². The van der Waals surface area contributed by atoms with Crippen molar-refractivity contribution in [3.63, 3.8) is 0 Å². The van der Waals surface area contributed by atoms with E-state index in [0.29, 0.717) is 0 Å². The minimum absolute atomic E-state index is 0. The van der Waals surface area contributed by atoms with Crippen LogP contribution in [0, 0.1) is 0 Å². The molecule has 1 aromatic heterocycles. The van der Waals surface area contributed by atoms with Crippen LogP contribution in [-0.2, 0) is 13.0 Å². The van der Waals surface area contributed by atoms with E-state index >= 15 is 0 Å². The number of nitrogens with one attached hydrogen (secondary N) is 2. The normalized spacial score (nSPS) is 9.43. The molecule has 0 fully saturated rings. The predicted molar refractivity (Wildman–Crippen MR) is 88.0 cm³/mol. The fourth-order valence-corrected chi connectivity index (χ4v) is 1.87. The van der Waals surface area contributed by atoms with E-state index in [1.165, 1.54) is 5.56 Å². The van der Waals surface area contributed by atoms with Crippen LogP contribution in [0.15, 0.2) is 30.7 Å². The van der Waals surface area contributed by atoms with Gasteiger partial charge in [-0.25, -0.2) is 4.98 Å². The third-order valence-electron chi connectivity index (χ3n) is 2.90. The van der Waals surface area contributed by atoms with E-state index in [-0.39, 0.29) is 24.8 Å². The molecular weight excluding hydrogens is 313 g/mol. The van der Waals surface area contributed by atoms with Crippen molar-refractivity contribution in [1.29, 1.82) is 0 Å². The first kappa shape index (κ1) is 19.6. The second-order valence-corrected chi connectivity index (χ2v) is 4.19. The van der Waals surface area contributed by atoms with Gasteiger partial charge in [0.1, 0.15) is 0 Å². The van der Waals surface area contributed by atoms with Crippen molar-refractivity contribution in [2.45, 2.75) is 13.0 Å². The number of rotatable bonds is 7. The molecule has 0 saturated heterocycles. The summed E-state index contributed by atoms with van der Waals surface area (Å²) in [5, 5.41) is 3.38. The zero-order valence-corrected chi connectivity index (χ0v) is 13.7. The van der Waals surface area contributed by atoms with Crippen LogP contribution in [0.5, 0.6) is 11.5 Å². The lowest BCUT2D eigenvalue weighted by Crippen LogP contribution is -2.16. The molecule has 2 aromatic rings. The number of methoxy groups -OCH3 is 2. The lowest BCUT2D eigenvalue weighted by atomic mass is 10.2. The van der Waals surface area contributed by atoms with Crippen molar-refractivity contribution in [1.82, 2.24) is 15.3 Å². The number of hydrogen-bond donors (Lipinski definition) is 2. The van der Waals surface area contributed by atoms with E-state index in [4.69, 9.17) is 9.47 Å². The summed E-state index contributed by atoms with van der Waals surface area (Å²) in [6.45, 7) is 1.70. The first-order chi connectivity index (χ1) is 9.33. The van der Waals surface area contributed by atoms with E-state index in [2.05, 4.69) is 15.3 Å². The average Bonchev–Trinajstić information content (AvgIpc) is 2.96. The Morgan fingerprint density at radius 3 is 2.52 bits per heavy atom. The van der Waals surface area contributed by atoms with Crippen LogP contribution >= 0.6 is 24.8 Å². The molecule has 0 unspecified atom stereocenters. The highest BCUT2D eigenvalue weighted by Gasteiger charge is 2.04. The molecule has 0 amide bonds. The predicted octanol–water partition coefficient (Wildman–Crippen LogP) is 2.60. The summed E-state index contributed by atoms with van der Waals surface area (Å²) < 4.78 is 10.5. The second-order valence-electron chi connectivity index (χ2n) is 4.19. The maximum Gasteiger partial charge on any atom is 0.161 e. The Morgan fingerprint density at radius 2 is 1.90 bits per heavy atom. The SMILES string of the molecule is COc1ccc(CNCCc2cnc[nH]2)cc1OC.Cl.Cl. The number of hydrogen-bond acceptors (Lipinski definition) is 4. The summed E-state index contributed by atoms with van der Waals surface area (Å²) in [7, 11) is 3.29. The molecule has 118 valence electrons. The van der Waals surface area contributed by atoms with Gasteiger partial charge in [-0.1, -0.05) is 6.07 Å². The Labute approximate surface area is 137 Å². The monoisotopic (exact) mass is 333 g/mol. The molecule has 1 aromatic carbocycles. The molecule has 0 aliphatic rings. The lowest BCUT2D eigenvalue weighted by Gasteiger charge is -2.10. The molecule has 0 atom stereocenters. The second kappa shape index (κ2) is 10.3. The zero-order valence-electron chi connectivity index (χ0n) is 12.1. The summed E-state index contributed by atoms with van der Waals surface area (Å²) in [5.41, 5.74) is 2.31. The highest BCUT2D eigenvalue weighted by molar-refractivity contribution is 5.85. The van der Waals surface area contributed by atoms with Gasteiger partial charge in [0.2, 0.25) is 0 Å². The van der Waals surface area contributed by atoms with Gasteiger partial charge in [0, 0.05) is 31.4 Å². The van der Waals surface area contributed by atoms with E-state index in [1.807, 2.05) is 24.4 Å². The quantitative estimate of drug-likeness (QED) is 0.764. The first-order valence-electron chi connectivity index (χ1n) is 6.22. The molecular formula is C14H21Cl2N3O2. The first-order valence-corrected chi connectivity index (χ1v) is 6.22. The summed E-state index contributed by atoms with van der Waals surface area (Å²) in [5.74, 6) is 1.51. The van der Waals surface area contributed by atoms with Gasteiger partial charge < -0.3 is 19.8 Å². The standard InChI is InChI=1S/C14H19N3O2.2ClH/c1-18-13-4-3-11(7-14(13)19-2)8-15-6-5-12-9-16-10-17-12;;/h3-4,7,9-10,15H,5-6,8H2,1-2H3,(H,16,17);2*1H. The minimum atomic E-state index is 0. The van der Waals surface area contributed by atoms with Crippen LogP contribution in [0.3, 0.4) is 0 Å². The molecule has 2 N–H and O–H groups in total. The van der Waals surface area contributed by atoms with Crippen LogP contribution in [-0.4, -0.2) is 30.7 Å². The Bertz CT molecular complexity index is 507. The fraction of sp³-hybridized carbons (Fsp3) is 0.357. The number of halogens is 2. The Morgan fingerprint density at radius 1 is 1.14 bits per heavy atom. The van der Waals surface area contributed by atoms with Gasteiger partial charge in [0.15, 0.2) is 11.5 Å². The van der Waals surface area contributed by atoms with Crippen molar-refractivity contribution < 1.29 is 9.47 Å². The molecule has 0 aliphatic heterocycles. The van der Waals surface area contributed by atoms with Gasteiger partial charge in [0.25, 0.3) is 0 Å². The number of imidazole rings is 1. The van der Waals surface area contributed by atoms with Crippen LogP contribution in [0.1, 0.15) is 11.3 Å². The Hall–Kier alpha value is -1.43. The molecule has 21 heavy (non-hydrogen) atoms. The zero-order chi connectivity index (χ0) is 13.5. The molecule has 1 heterocycles. The lowest BCUT2D eigenvalue weighted by molar-refractivity contribution is 0.354. The molecule has 0 bridgehead atoms. The molecule has 0 spiro atoms. The summed E-state index contributed by atoms with van der Waals surface area (Å²) in [4.78, 5) is 7.07. The smallest absolute Gasteiger partial charge is 0.161 e. The number of nitrogens with zero attached hydrogens (tertiary/aromatic N) is 1. The van der Waals surface area contributed by atoms with Crippen molar-refractivity contribution in [2.24, 2.45) is 0 Å². The highest BCUT2D eigenvalue weighted by atomic mass is 35.5. The molecule has 0 saturated carbocycles. The average molecular weight is 334 g/mol. The number of H-pyrrole nitrogens is 1. The minimum Gasteiger partial charge on any atom is -0.493 e. The number of aromatic amines is 1. The number of aromatic nitrogens is 2. The van der Waals surface area contributed by atoms with Gasteiger partial charge >= 0.3 is 0 Å². The maximum absolute atomic E-state index is 5.28. The molecule has 0 aliphatic carbocycles. The van der Waals surface area contributed by atoms with E-state index < -0.39 is 0 Å². The Balaban J connectivity index is 0.00000200. The molecule has 5 nitrogen and oxygen atoms in total. The summed E-state index contributed by atoms with van der Waals surface area (Å²) >= 11 is 0. The number of benzene rings is 1. The van der Waals surface area contributed by atoms with Gasteiger partial charge in [-0.3, -0.25) is 0 Å². The van der Waals surface area contributed by atoms with Crippen LogP contribution in [0.2, 0.25) is 0 Å². The van der Waals surface area contributed by atoms with Gasteiger partial charge in [-0.05, 0) is 17.7 Å². The number of ether oxygens (including phenoxy) is 2. The van der Waals surface area contributed by atoms with Crippen molar-refractivity contribution in [3.05, 3.63) is 42.0 Å². The van der Waals surface area contributed by atoms with E-state index in [9.17, 15) is 0 Å². The molecule has 7 heteroatoms. The van der Waals surface area contributed by atoms with Crippen molar-refractivity contribution in [3.8, 4) is 11.5 Å². The largest absolute Gasteiger partial charge is 0.493 e. The fourth-order valence-electron chi connectivity index (χ4n) is 1.87. The van der Waals surface area contributed by atoms with E-state index in [1.54, 1.807) is 20.5 Å². The van der Waals surface area contributed by atoms with Crippen molar-refractivity contribution in [2.75, 3.05) is 20.8 Å². The van der Waals surface area contributed by atoms with Gasteiger partial charge in [-0.2, -0.15) is 0 Å². The van der Waals surface area contributed by atoms with Crippen LogP contribution in [0.25, 0.3) is 0 Å². The molecule has 0 radical (unpaired) electrons. The van der Waals surface area contributed by atoms with E-state index in [0.717, 1.165) is 36.7 Å². The van der Waals surface area contributed by atoms with Crippen molar-refractivity contribution >= 4 is 24.8 Å². The van der Waals surface area contributed by atoms with Crippen LogP contribution < -0.4 is 14.8 Å². The summed E-state index contributed by atoms with van der Waals surface area (Å²) in [6.07, 6.45) is 4.48. The maximum atomic E-state index is 5.28. The van der Waals surface area contributed by atoms with Gasteiger partial charge in [-0.15, -0.1) is 24.8 Å². The Kier molecular flexibility index (Phi) is 9.62. The summed E-state index contributed by atoms with van der Waals surface area (Å²) in [6, 6.07) is 5.94. The molecule has 2 rings (SSSR count). The third-order valence-corrected chi connectivity index (χ3v) is 2.90. The third kappa shape index (κ3) is 5.83. The van der Waals surface area contributed by atoms with Crippen LogP contribution in [0.4, 0.5) is 0 Å².